The Hall–Kier alpha value is -1.43. The van der Waals surface area contributed by atoms with Gasteiger partial charge >= 0.3 is 0 Å². The summed E-state index contributed by atoms with van der Waals surface area (Å²) in [7, 11) is 0. The highest BCUT2D eigenvalue weighted by atomic mass is 16.3. The number of hydrogen-bond acceptors (Lipinski definition) is 4. The van der Waals surface area contributed by atoms with Gasteiger partial charge in [-0.2, -0.15) is 0 Å². The van der Waals surface area contributed by atoms with Crippen molar-refractivity contribution in [3.63, 3.8) is 0 Å². The minimum Gasteiger partial charge on any atom is -0.394 e. The minimum atomic E-state index is -0.918. The van der Waals surface area contributed by atoms with Gasteiger partial charge in [-0.1, -0.05) is 75.8 Å². The largest absolute Gasteiger partial charge is 0.394 e. The van der Waals surface area contributed by atoms with E-state index in [1.807, 2.05) is 18.2 Å². The number of nitrogens with one attached hydrogen (secondary N) is 2. The normalized spacial score (nSPS) is 29.8. The van der Waals surface area contributed by atoms with Gasteiger partial charge in [-0.05, 0) is 42.7 Å². The van der Waals surface area contributed by atoms with Crippen LogP contribution in [0.1, 0.15) is 70.0 Å². The Labute approximate surface area is 175 Å². The average molecular weight is 403 g/mol. The van der Waals surface area contributed by atoms with Crippen molar-refractivity contribution in [2.45, 2.75) is 76.5 Å². The average Bonchev–Trinajstić information content (AvgIpc) is 2.77. The van der Waals surface area contributed by atoms with E-state index in [2.05, 4.69) is 17.6 Å². The molecule has 5 nitrogen and oxygen atoms in total. The van der Waals surface area contributed by atoms with Gasteiger partial charge in [0.2, 0.25) is 5.91 Å². The fourth-order valence-electron chi connectivity index (χ4n) is 4.94. The molecular weight excluding hydrogens is 364 g/mol. The fraction of sp³-hybridized carbons (Fsp3) is 0.708. The number of hydrogen-bond donors (Lipinski definition) is 4. The summed E-state index contributed by atoms with van der Waals surface area (Å²) >= 11 is 0. The zero-order valence-electron chi connectivity index (χ0n) is 17.7. The topological polar surface area (TPSA) is 81.6 Å². The van der Waals surface area contributed by atoms with E-state index < -0.39 is 12.1 Å². The van der Waals surface area contributed by atoms with Gasteiger partial charge in [0.15, 0.2) is 0 Å². The molecular formula is C24H38N2O3. The molecule has 5 heteroatoms. The SMILES string of the molecule is CC1CCC(CCC2CCNC(C(=O)NC(CO)C(O)c3ccccc3)C2)CC1. The van der Waals surface area contributed by atoms with Crippen molar-refractivity contribution >= 4 is 5.91 Å². The first-order valence-corrected chi connectivity index (χ1v) is 11.4. The van der Waals surface area contributed by atoms with E-state index in [1.54, 1.807) is 12.1 Å². The molecule has 1 saturated carbocycles. The molecule has 1 heterocycles. The highest BCUT2D eigenvalue weighted by Crippen LogP contribution is 2.33. The molecule has 1 amide bonds. The molecule has 1 aliphatic carbocycles. The number of rotatable bonds is 8. The molecule has 29 heavy (non-hydrogen) atoms. The summed E-state index contributed by atoms with van der Waals surface area (Å²) in [4.78, 5) is 12.8. The third kappa shape index (κ3) is 6.53. The Kier molecular flexibility index (Phi) is 8.52. The second-order valence-corrected chi connectivity index (χ2v) is 9.25. The first kappa shape index (κ1) is 22.3. The lowest BCUT2D eigenvalue weighted by Crippen LogP contribution is -2.53. The summed E-state index contributed by atoms with van der Waals surface area (Å²) in [6.45, 7) is 2.92. The van der Waals surface area contributed by atoms with Crippen molar-refractivity contribution in [3.8, 4) is 0 Å². The van der Waals surface area contributed by atoms with Gasteiger partial charge in [0.05, 0.1) is 18.7 Å². The van der Waals surface area contributed by atoms with E-state index in [1.165, 1.54) is 38.5 Å². The molecule has 0 aromatic heterocycles. The quantitative estimate of drug-likeness (QED) is 0.538. The van der Waals surface area contributed by atoms with Crippen LogP contribution in [0.4, 0.5) is 0 Å². The lowest BCUT2D eigenvalue weighted by molar-refractivity contribution is -0.126. The number of piperidine rings is 1. The Bertz CT molecular complexity index is 616. The van der Waals surface area contributed by atoms with Crippen molar-refractivity contribution in [1.82, 2.24) is 10.6 Å². The highest BCUT2D eigenvalue weighted by molar-refractivity contribution is 5.82. The maximum Gasteiger partial charge on any atom is 0.237 e. The van der Waals surface area contributed by atoms with Gasteiger partial charge in [-0.3, -0.25) is 4.79 Å². The zero-order chi connectivity index (χ0) is 20.6. The van der Waals surface area contributed by atoms with E-state index >= 15 is 0 Å². The first-order valence-electron chi connectivity index (χ1n) is 11.4. The monoisotopic (exact) mass is 402 g/mol. The lowest BCUT2D eigenvalue weighted by Gasteiger charge is -2.33. The third-order valence-corrected chi connectivity index (χ3v) is 6.99. The van der Waals surface area contributed by atoms with Crippen molar-refractivity contribution in [2.24, 2.45) is 17.8 Å². The molecule has 4 atom stereocenters. The van der Waals surface area contributed by atoms with Gasteiger partial charge in [0, 0.05) is 0 Å². The van der Waals surface area contributed by atoms with Gasteiger partial charge < -0.3 is 20.8 Å². The molecule has 162 valence electrons. The van der Waals surface area contributed by atoms with Crippen LogP contribution in [0.25, 0.3) is 0 Å². The van der Waals surface area contributed by atoms with E-state index in [0.717, 1.165) is 31.2 Å². The van der Waals surface area contributed by atoms with Crippen molar-refractivity contribution in [3.05, 3.63) is 35.9 Å². The molecule has 0 spiro atoms. The van der Waals surface area contributed by atoms with E-state index in [4.69, 9.17) is 0 Å². The molecule has 1 aromatic rings. The second kappa shape index (κ2) is 11.1. The zero-order valence-corrected chi connectivity index (χ0v) is 17.7. The van der Waals surface area contributed by atoms with Crippen LogP contribution < -0.4 is 10.6 Å². The number of aliphatic hydroxyl groups excluding tert-OH is 2. The number of aliphatic hydroxyl groups is 2. The number of benzene rings is 1. The van der Waals surface area contributed by atoms with Crippen LogP contribution in [0.5, 0.6) is 0 Å². The van der Waals surface area contributed by atoms with Crippen LogP contribution in [0, 0.1) is 17.8 Å². The molecule has 4 unspecified atom stereocenters. The molecule has 0 radical (unpaired) electrons. The van der Waals surface area contributed by atoms with Crippen LogP contribution in [0.3, 0.4) is 0 Å². The van der Waals surface area contributed by atoms with Crippen molar-refractivity contribution in [1.29, 1.82) is 0 Å². The smallest absolute Gasteiger partial charge is 0.237 e. The Morgan fingerprint density at radius 1 is 1.10 bits per heavy atom. The predicted molar refractivity (Wildman–Crippen MR) is 115 cm³/mol. The molecule has 0 bridgehead atoms. The van der Waals surface area contributed by atoms with Crippen LogP contribution in [-0.2, 0) is 4.79 Å². The van der Waals surface area contributed by atoms with E-state index in [-0.39, 0.29) is 18.6 Å². The third-order valence-electron chi connectivity index (χ3n) is 6.99. The lowest BCUT2D eigenvalue weighted by atomic mass is 9.78. The van der Waals surface area contributed by atoms with Crippen LogP contribution >= 0.6 is 0 Å². The molecule has 3 rings (SSSR count). The maximum atomic E-state index is 12.8. The first-order chi connectivity index (χ1) is 14.1. The van der Waals surface area contributed by atoms with Gasteiger partial charge in [-0.25, -0.2) is 0 Å². The number of amides is 1. The number of carbonyl (C=O) groups is 1. The van der Waals surface area contributed by atoms with Crippen LogP contribution in [0.15, 0.2) is 30.3 Å². The second-order valence-electron chi connectivity index (χ2n) is 9.25. The Morgan fingerprint density at radius 3 is 2.48 bits per heavy atom. The predicted octanol–water partition coefficient (Wildman–Crippen LogP) is 3.17. The summed E-state index contributed by atoms with van der Waals surface area (Å²) in [5.41, 5.74) is 0.697. The molecule has 4 N–H and O–H groups in total. The van der Waals surface area contributed by atoms with Crippen LogP contribution in [0.2, 0.25) is 0 Å². The standard InChI is InChI=1S/C24H38N2O3/c1-17-7-9-18(10-8-17)11-12-19-13-14-25-21(15-19)24(29)26-22(16-27)23(28)20-5-3-2-4-6-20/h2-6,17-19,21-23,25,27-28H,7-16H2,1H3,(H,26,29). The summed E-state index contributed by atoms with van der Waals surface area (Å²) in [5.74, 6) is 2.23. The summed E-state index contributed by atoms with van der Waals surface area (Å²) in [6, 6.07) is 8.24. The van der Waals surface area contributed by atoms with Crippen molar-refractivity contribution < 1.29 is 15.0 Å². The van der Waals surface area contributed by atoms with E-state index in [9.17, 15) is 15.0 Å². The number of carbonyl (C=O) groups excluding carboxylic acids is 1. The summed E-state index contributed by atoms with van der Waals surface area (Å²) < 4.78 is 0. The fourth-order valence-corrected chi connectivity index (χ4v) is 4.94. The molecule has 2 aliphatic rings. The Morgan fingerprint density at radius 2 is 1.79 bits per heavy atom. The molecule has 2 fully saturated rings. The molecule has 1 aliphatic heterocycles. The maximum absolute atomic E-state index is 12.8. The van der Waals surface area contributed by atoms with E-state index in [0.29, 0.717) is 11.5 Å². The summed E-state index contributed by atoms with van der Waals surface area (Å²) in [5, 5.41) is 26.4. The van der Waals surface area contributed by atoms with Gasteiger partial charge in [0.1, 0.15) is 6.10 Å². The summed E-state index contributed by atoms with van der Waals surface area (Å²) in [6.07, 6.45) is 9.02. The van der Waals surface area contributed by atoms with Gasteiger partial charge in [-0.15, -0.1) is 0 Å². The minimum absolute atomic E-state index is 0.116. The highest BCUT2D eigenvalue weighted by Gasteiger charge is 2.30. The van der Waals surface area contributed by atoms with Crippen molar-refractivity contribution in [2.75, 3.05) is 13.2 Å². The Balaban J connectivity index is 1.47. The van der Waals surface area contributed by atoms with Crippen LogP contribution in [-0.4, -0.2) is 41.4 Å². The van der Waals surface area contributed by atoms with Gasteiger partial charge in [0.25, 0.3) is 0 Å². The molecule has 1 saturated heterocycles. The molecule has 1 aromatic carbocycles.